The number of benzene rings is 2. The molecule has 2 aromatic rings. The zero-order valence-electron chi connectivity index (χ0n) is 13.5. The van der Waals surface area contributed by atoms with Gasteiger partial charge >= 0.3 is 0 Å². The molecule has 9 heteroatoms. The van der Waals surface area contributed by atoms with Crippen molar-refractivity contribution in [3.8, 4) is 5.75 Å². The molecule has 1 amide bonds. The highest BCUT2D eigenvalue weighted by Crippen LogP contribution is 2.30. The summed E-state index contributed by atoms with van der Waals surface area (Å²) in [5, 5.41) is 3.18. The zero-order chi connectivity index (χ0) is 18.6. The first-order valence-electron chi connectivity index (χ1n) is 7.08. The zero-order valence-corrected chi connectivity index (χ0v) is 15.8. The minimum Gasteiger partial charge on any atom is -0.495 e. The molecule has 0 saturated heterocycles. The summed E-state index contributed by atoms with van der Waals surface area (Å²) in [4.78, 5) is 12.3. The predicted octanol–water partition coefficient (Wildman–Crippen LogP) is 3.41. The maximum Gasteiger partial charge on any atom is 0.245 e. The molecule has 0 aliphatic heterocycles. The number of para-hydroxylation sites is 1. The van der Waals surface area contributed by atoms with Crippen molar-refractivity contribution in [2.75, 3.05) is 29.5 Å². The number of hydrogen-bond donors (Lipinski definition) is 1. The number of carbonyl (C=O) groups is 1. The van der Waals surface area contributed by atoms with Crippen LogP contribution in [0, 0.1) is 0 Å². The van der Waals surface area contributed by atoms with Crippen LogP contribution < -0.4 is 14.4 Å². The van der Waals surface area contributed by atoms with Gasteiger partial charge in [-0.15, -0.1) is 0 Å². The van der Waals surface area contributed by atoms with E-state index >= 15 is 0 Å². The molecule has 25 heavy (non-hydrogen) atoms. The van der Waals surface area contributed by atoms with Gasteiger partial charge in [0.1, 0.15) is 12.3 Å². The molecule has 134 valence electrons. The monoisotopic (exact) mass is 402 g/mol. The molecule has 2 rings (SSSR count). The average Bonchev–Trinajstić information content (AvgIpc) is 2.53. The van der Waals surface area contributed by atoms with E-state index in [9.17, 15) is 13.2 Å². The van der Waals surface area contributed by atoms with Gasteiger partial charge in [-0.1, -0.05) is 35.3 Å². The second-order valence-electron chi connectivity index (χ2n) is 5.12. The van der Waals surface area contributed by atoms with Crippen LogP contribution in [-0.2, 0) is 14.8 Å². The van der Waals surface area contributed by atoms with Gasteiger partial charge in [-0.3, -0.25) is 9.10 Å². The van der Waals surface area contributed by atoms with E-state index < -0.39 is 22.5 Å². The number of amides is 1. The molecule has 6 nitrogen and oxygen atoms in total. The average molecular weight is 403 g/mol. The van der Waals surface area contributed by atoms with Crippen LogP contribution in [0.1, 0.15) is 0 Å². The van der Waals surface area contributed by atoms with Crippen molar-refractivity contribution in [2.45, 2.75) is 0 Å². The smallest absolute Gasteiger partial charge is 0.245 e. The van der Waals surface area contributed by atoms with Crippen molar-refractivity contribution < 1.29 is 17.9 Å². The highest BCUT2D eigenvalue weighted by molar-refractivity contribution is 7.92. The van der Waals surface area contributed by atoms with Crippen molar-refractivity contribution in [2.24, 2.45) is 0 Å². The van der Waals surface area contributed by atoms with Gasteiger partial charge in [-0.05, 0) is 30.3 Å². The Kier molecular flexibility index (Phi) is 6.16. The highest BCUT2D eigenvalue weighted by Gasteiger charge is 2.22. The fourth-order valence-corrected chi connectivity index (χ4v) is 3.38. The van der Waals surface area contributed by atoms with Crippen LogP contribution in [0.25, 0.3) is 0 Å². The van der Waals surface area contributed by atoms with E-state index in [-0.39, 0.29) is 10.7 Å². The summed E-state index contributed by atoms with van der Waals surface area (Å²) in [5.41, 5.74) is 0.651. The van der Waals surface area contributed by atoms with Crippen LogP contribution in [-0.4, -0.2) is 34.2 Å². The quantitative estimate of drug-likeness (QED) is 0.802. The van der Waals surface area contributed by atoms with Gasteiger partial charge in [0.05, 0.1) is 34.8 Å². The minimum atomic E-state index is -3.71. The molecule has 0 radical (unpaired) electrons. The van der Waals surface area contributed by atoms with Gasteiger partial charge in [-0.2, -0.15) is 0 Å². The fourth-order valence-electron chi connectivity index (χ4n) is 2.09. The number of nitrogens with zero attached hydrogens (tertiary/aromatic N) is 1. The molecular weight excluding hydrogens is 387 g/mol. The molecule has 0 heterocycles. The summed E-state index contributed by atoms with van der Waals surface area (Å²) in [6.07, 6.45) is 1.01. The number of ether oxygens (including phenoxy) is 1. The Bertz CT molecular complexity index is 887. The van der Waals surface area contributed by atoms with Crippen LogP contribution in [0.15, 0.2) is 42.5 Å². The Labute approximate surface area is 156 Å². The lowest BCUT2D eigenvalue weighted by molar-refractivity contribution is -0.114. The fraction of sp³-hybridized carbons (Fsp3) is 0.188. The second kappa shape index (κ2) is 7.95. The molecule has 0 bridgehead atoms. The molecule has 0 aliphatic carbocycles. The first-order chi connectivity index (χ1) is 11.7. The molecule has 0 unspecified atom stereocenters. The lowest BCUT2D eigenvalue weighted by Crippen LogP contribution is -2.37. The van der Waals surface area contributed by atoms with E-state index in [0.717, 1.165) is 10.6 Å². The highest BCUT2D eigenvalue weighted by atomic mass is 35.5. The largest absolute Gasteiger partial charge is 0.495 e. The van der Waals surface area contributed by atoms with Crippen LogP contribution in [0.4, 0.5) is 11.4 Å². The normalized spacial score (nSPS) is 11.0. The Morgan fingerprint density at radius 2 is 1.84 bits per heavy atom. The Morgan fingerprint density at radius 1 is 1.16 bits per heavy atom. The van der Waals surface area contributed by atoms with E-state index in [1.165, 1.54) is 25.3 Å². The molecule has 0 atom stereocenters. The van der Waals surface area contributed by atoms with Crippen molar-refractivity contribution in [3.63, 3.8) is 0 Å². The van der Waals surface area contributed by atoms with Crippen LogP contribution in [0.2, 0.25) is 10.0 Å². The van der Waals surface area contributed by atoms with E-state index in [1.54, 1.807) is 24.3 Å². The number of halogens is 2. The summed E-state index contributed by atoms with van der Waals surface area (Å²) in [7, 11) is -2.26. The summed E-state index contributed by atoms with van der Waals surface area (Å²) in [6, 6.07) is 11.1. The van der Waals surface area contributed by atoms with Crippen molar-refractivity contribution in [3.05, 3.63) is 52.5 Å². The molecule has 0 aliphatic rings. The van der Waals surface area contributed by atoms with Gasteiger partial charge in [0, 0.05) is 0 Å². The first-order valence-corrected chi connectivity index (χ1v) is 9.68. The summed E-state index contributed by atoms with van der Waals surface area (Å²) in [5.74, 6) is -0.134. The molecule has 1 N–H and O–H groups in total. The number of sulfonamides is 1. The number of methoxy groups -OCH3 is 1. The number of carbonyl (C=O) groups excluding carboxylic acids is 1. The lowest BCUT2D eigenvalue weighted by Gasteiger charge is -2.22. The number of nitrogens with one attached hydrogen (secondary N) is 1. The third-order valence-corrected chi connectivity index (χ3v) is 5.02. The van der Waals surface area contributed by atoms with E-state index in [0.29, 0.717) is 16.5 Å². The number of hydrogen-bond acceptors (Lipinski definition) is 4. The van der Waals surface area contributed by atoms with Crippen molar-refractivity contribution in [1.29, 1.82) is 0 Å². The van der Waals surface area contributed by atoms with E-state index in [2.05, 4.69) is 5.32 Å². The van der Waals surface area contributed by atoms with E-state index in [1.807, 2.05) is 0 Å². The summed E-state index contributed by atoms with van der Waals surface area (Å²) >= 11 is 12.0. The minimum absolute atomic E-state index is 0.236. The third kappa shape index (κ3) is 5.01. The van der Waals surface area contributed by atoms with Crippen LogP contribution in [0.3, 0.4) is 0 Å². The summed E-state index contributed by atoms with van der Waals surface area (Å²) < 4.78 is 30.2. The van der Waals surface area contributed by atoms with Crippen molar-refractivity contribution >= 4 is 50.5 Å². The lowest BCUT2D eigenvalue weighted by atomic mass is 10.3. The van der Waals surface area contributed by atoms with Crippen LogP contribution in [0.5, 0.6) is 5.75 Å². The molecule has 2 aromatic carbocycles. The van der Waals surface area contributed by atoms with Crippen LogP contribution >= 0.6 is 23.2 Å². The van der Waals surface area contributed by atoms with Crippen molar-refractivity contribution in [1.82, 2.24) is 0 Å². The third-order valence-electron chi connectivity index (χ3n) is 3.26. The Morgan fingerprint density at radius 3 is 2.40 bits per heavy atom. The van der Waals surface area contributed by atoms with E-state index in [4.69, 9.17) is 27.9 Å². The number of rotatable bonds is 6. The molecular formula is C16H16Cl2N2O4S. The van der Waals surface area contributed by atoms with Gasteiger partial charge in [-0.25, -0.2) is 8.42 Å². The van der Waals surface area contributed by atoms with Gasteiger partial charge in [0.25, 0.3) is 0 Å². The SMILES string of the molecule is COc1ccc(N(CC(=O)Nc2ccccc2Cl)S(C)(=O)=O)cc1Cl. The Balaban J connectivity index is 2.26. The number of anilines is 2. The maximum atomic E-state index is 12.3. The first kappa shape index (κ1) is 19.4. The standard InChI is InChI=1S/C16H16Cl2N2O4S/c1-24-15-8-7-11(9-13(15)18)20(25(2,22)23)10-16(21)19-14-6-4-3-5-12(14)17/h3-9H,10H2,1-2H3,(H,19,21). The Hall–Kier alpha value is -1.96. The second-order valence-corrected chi connectivity index (χ2v) is 7.84. The van der Waals surface area contributed by atoms with Gasteiger partial charge < -0.3 is 10.1 Å². The summed E-state index contributed by atoms with van der Waals surface area (Å²) in [6.45, 7) is -0.424. The molecule has 0 saturated carbocycles. The maximum absolute atomic E-state index is 12.3. The van der Waals surface area contributed by atoms with Gasteiger partial charge in [0.15, 0.2) is 0 Å². The predicted molar refractivity (Wildman–Crippen MR) is 100 cm³/mol. The molecule has 0 spiro atoms. The molecule has 0 aromatic heterocycles. The molecule has 0 fully saturated rings. The topological polar surface area (TPSA) is 75.7 Å². The van der Waals surface area contributed by atoms with Gasteiger partial charge in [0.2, 0.25) is 15.9 Å².